The first kappa shape index (κ1) is 18.6. The molecule has 2 aromatic heterocycles. The van der Waals surface area contributed by atoms with E-state index in [0.717, 1.165) is 17.7 Å². The van der Waals surface area contributed by atoms with Gasteiger partial charge in [-0.05, 0) is 31.2 Å². The first-order valence-corrected chi connectivity index (χ1v) is 8.78. The molecule has 0 spiro atoms. The van der Waals surface area contributed by atoms with Crippen LogP contribution in [0.25, 0.3) is 11.0 Å². The number of rotatable bonds is 7. The van der Waals surface area contributed by atoms with Gasteiger partial charge in [-0.1, -0.05) is 24.3 Å². The number of amides is 1. The summed E-state index contributed by atoms with van der Waals surface area (Å²) >= 11 is 0. The van der Waals surface area contributed by atoms with Crippen molar-refractivity contribution in [1.82, 2.24) is 20.6 Å². The minimum absolute atomic E-state index is 0.0232. The van der Waals surface area contributed by atoms with Gasteiger partial charge in [-0.15, -0.1) is 0 Å². The summed E-state index contributed by atoms with van der Waals surface area (Å²) in [4.78, 5) is 32.3. The molecule has 0 unspecified atom stereocenters. The number of benzene rings is 1. The average Bonchev–Trinajstić information content (AvgIpc) is 2.68. The van der Waals surface area contributed by atoms with E-state index in [1.165, 1.54) is 6.20 Å². The first-order chi connectivity index (χ1) is 13.1. The van der Waals surface area contributed by atoms with Gasteiger partial charge in [0, 0.05) is 25.4 Å². The highest BCUT2D eigenvalue weighted by molar-refractivity contribution is 5.96. The standard InChI is InChI=1S/C20H22N4O3/c1-3-27-17-8-7-16-18(24-17)19(25)15(12-22-16)20(26)23-11-14-6-4-5-13(9-14)10-21-2/h4-9,12,21H,3,10-11H2,1-2H3,(H,22,25)(H,23,26). The fraction of sp³-hybridized carbons (Fsp3) is 0.250. The molecule has 3 rings (SSSR count). The maximum atomic E-state index is 12.7. The number of aromatic nitrogens is 2. The summed E-state index contributed by atoms with van der Waals surface area (Å²) in [7, 11) is 1.88. The number of H-pyrrole nitrogens is 1. The lowest BCUT2D eigenvalue weighted by Gasteiger charge is -2.08. The molecule has 0 fully saturated rings. The van der Waals surface area contributed by atoms with Crippen molar-refractivity contribution in [1.29, 1.82) is 0 Å². The van der Waals surface area contributed by atoms with Crippen LogP contribution in [0.1, 0.15) is 28.4 Å². The largest absolute Gasteiger partial charge is 0.478 e. The molecule has 0 saturated heterocycles. The first-order valence-electron chi connectivity index (χ1n) is 8.78. The molecule has 3 N–H and O–H groups in total. The van der Waals surface area contributed by atoms with Crippen LogP contribution in [-0.2, 0) is 13.1 Å². The quantitative estimate of drug-likeness (QED) is 0.594. The van der Waals surface area contributed by atoms with Crippen molar-refractivity contribution in [2.75, 3.05) is 13.7 Å². The molecule has 0 aliphatic carbocycles. The van der Waals surface area contributed by atoms with Gasteiger partial charge in [-0.2, -0.15) is 0 Å². The highest BCUT2D eigenvalue weighted by Crippen LogP contribution is 2.12. The van der Waals surface area contributed by atoms with E-state index in [1.54, 1.807) is 12.1 Å². The Morgan fingerprint density at radius 2 is 1.96 bits per heavy atom. The molecule has 7 nitrogen and oxygen atoms in total. The Kier molecular flexibility index (Phi) is 5.83. The Morgan fingerprint density at radius 3 is 2.70 bits per heavy atom. The number of fused-ring (bicyclic) bond motifs is 1. The van der Waals surface area contributed by atoms with E-state index in [0.29, 0.717) is 24.5 Å². The summed E-state index contributed by atoms with van der Waals surface area (Å²) < 4.78 is 5.34. The molecule has 0 atom stereocenters. The summed E-state index contributed by atoms with van der Waals surface area (Å²) in [6, 6.07) is 11.3. The Morgan fingerprint density at radius 1 is 1.19 bits per heavy atom. The second kappa shape index (κ2) is 8.46. The summed E-state index contributed by atoms with van der Waals surface area (Å²) in [5, 5.41) is 5.88. The summed E-state index contributed by atoms with van der Waals surface area (Å²) in [5.74, 6) is -0.0878. The summed E-state index contributed by atoms with van der Waals surface area (Å²) in [5.41, 5.74) is 2.43. The van der Waals surface area contributed by atoms with Gasteiger partial charge in [0.25, 0.3) is 5.91 Å². The zero-order valence-electron chi connectivity index (χ0n) is 15.3. The van der Waals surface area contributed by atoms with Gasteiger partial charge in [0.1, 0.15) is 11.1 Å². The molecule has 140 valence electrons. The number of carbonyl (C=O) groups is 1. The molecular weight excluding hydrogens is 344 g/mol. The van der Waals surface area contributed by atoms with Crippen molar-refractivity contribution >= 4 is 16.9 Å². The van der Waals surface area contributed by atoms with Gasteiger partial charge >= 0.3 is 0 Å². The third kappa shape index (κ3) is 4.32. The molecule has 0 bridgehead atoms. The SMILES string of the molecule is CCOc1ccc2[nH]cc(C(=O)NCc3cccc(CNC)c3)c(=O)c2n1. The van der Waals surface area contributed by atoms with E-state index in [2.05, 4.69) is 20.6 Å². The van der Waals surface area contributed by atoms with Crippen molar-refractivity contribution in [2.24, 2.45) is 0 Å². The predicted octanol–water partition coefficient (Wildman–Crippen LogP) is 1.97. The van der Waals surface area contributed by atoms with Crippen LogP contribution < -0.4 is 20.8 Å². The molecule has 0 radical (unpaired) electrons. The second-order valence-electron chi connectivity index (χ2n) is 6.04. The topological polar surface area (TPSA) is 96.1 Å². The van der Waals surface area contributed by atoms with Crippen LogP contribution in [0, 0.1) is 0 Å². The number of nitrogens with one attached hydrogen (secondary N) is 3. The smallest absolute Gasteiger partial charge is 0.257 e. The van der Waals surface area contributed by atoms with E-state index in [4.69, 9.17) is 4.74 Å². The lowest BCUT2D eigenvalue weighted by Crippen LogP contribution is -2.28. The molecule has 1 aromatic carbocycles. The number of carbonyl (C=O) groups excluding carboxylic acids is 1. The maximum Gasteiger partial charge on any atom is 0.257 e. The zero-order chi connectivity index (χ0) is 19.2. The van der Waals surface area contributed by atoms with Gasteiger partial charge in [0.05, 0.1) is 12.1 Å². The monoisotopic (exact) mass is 366 g/mol. The van der Waals surface area contributed by atoms with Crippen LogP contribution in [0.15, 0.2) is 47.4 Å². The molecule has 27 heavy (non-hydrogen) atoms. The molecule has 0 saturated carbocycles. The normalized spacial score (nSPS) is 10.7. The predicted molar refractivity (Wildman–Crippen MR) is 104 cm³/mol. The third-order valence-electron chi connectivity index (χ3n) is 4.06. The van der Waals surface area contributed by atoms with E-state index >= 15 is 0 Å². The number of pyridine rings is 2. The average molecular weight is 366 g/mol. The van der Waals surface area contributed by atoms with Crippen LogP contribution in [0.3, 0.4) is 0 Å². The number of ether oxygens (including phenoxy) is 1. The van der Waals surface area contributed by atoms with Gasteiger partial charge in [-0.25, -0.2) is 4.98 Å². The van der Waals surface area contributed by atoms with E-state index in [9.17, 15) is 9.59 Å². The zero-order valence-corrected chi connectivity index (χ0v) is 15.3. The van der Waals surface area contributed by atoms with Crippen molar-refractivity contribution in [3.63, 3.8) is 0 Å². The Bertz CT molecular complexity index is 1010. The fourth-order valence-electron chi connectivity index (χ4n) is 2.80. The highest BCUT2D eigenvalue weighted by Gasteiger charge is 2.14. The van der Waals surface area contributed by atoms with Crippen LogP contribution in [0.5, 0.6) is 5.88 Å². The van der Waals surface area contributed by atoms with E-state index in [1.807, 2.05) is 38.2 Å². The van der Waals surface area contributed by atoms with Crippen LogP contribution in [0.2, 0.25) is 0 Å². The Labute approximate surface area is 156 Å². The third-order valence-corrected chi connectivity index (χ3v) is 4.06. The lowest BCUT2D eigenvalue weighted by atomic mass is 10.1. The molecule has 0 aliphatic heterocycles. The molecular formula is C20H22N4O3. The molecule has 2 heterocycles. The lowest BCUT2D eigenvalue weighted by molar-refractivity contribution is 0.0949. The number of hydrogen-bond acceptors (Lipinski definition) is 5. The minimum atomic E-state index is -0.444. The minimum Gasteiger partial charge on any atom is -0.478 e. The molecule has 0 aliphatic rings. The van der Waals surface area contributed by atoms with Crippen molar-refractivity contribution < 1.29 is 9.53 Å². The van der Waals surface area contributed by atoms with Gasteiger partial charge in [-0.3, -0.25) is 9.59 Å². The van der Waals surface area contributed by atoms with Gasteiger partial charge in [0.2, 0.25) is 11.3 Å². The Balaban J connectivity index is 1.80. The van der Waals surface area contributed by atoms with Gasteiger partial charge in [0.15, 0.2) is 0 Å². The molecule has 3 aromatic rings. The van der Waals surface area contributed by atoms with Gasteiger partial charge < -0.3 is 20.4 Å². The van der Waals surface area contributed by atoms with E-state index < -0.39 is 11.3 Å². The second-order valence-corrected chi connectivity index (χ2v) is 6.04. The highest BCUT2D eigenvalue weighted by atomic mass is 16.5. The number of nitrogens with zero attached hydrogens (tertiary/aromatic N) is 1. The van der Waals surface area contributed by atoms with E-state index in [-0.39, 0.29) is 11.1 Å². The van der Waals surface area contributed by atoms with Crippen LogP contribution >= 0.6 is 0 Å². The summed E-state index contributed by atoms with van der Waals surface area (Å²) in [6.45, 7) is 3.37. The number of hydrogen-bond donors (Lipinski definition) is 3. The Hall–Kier alpha value is -3.19. The van der Waals surface area contributed by atoms with Crippen LogP contribution in [-0.4, -0.2) is 29.5 Å². The fourth-order valence-corrected chi connectivity index (χ4v) is 2.80. The van der Waals surface area contributed by atoms with Crippen molar-refractivity contribution in [3.05, 3.63) is 69.5 Å². The molecule has 7 heteroatoms. The van der Waals surface area contributed by atoms with Crippen molar-refractivity contribution in [3.8, 4) is 5.88 Å². The number of aromatic amines is 1. The van der Waals surface area contributed by atoms with Crippen LogP contribution in [0.4, 0.5) is 0 Å². The maximum absolute atomic E-state index is 12.7. The molecule has 1 amide bonds. The van der Waals surface area contributed by atoms with Crippen molar-refractivity contribution in [2.45, 2.75) is 20.0 Å². The summed E-state index contributed by atoms with van der Waals surface area (Å²) in [6.07, 6.45) is 1.42.